The van der Waals surface area contributed by atoms with Crippen LogP contribution in [-0.4, -0.2) is 40.9 Å². The Bertz CT molecular complexity index is 1280. The van der Waals surface area contributed by atoms with Gasteiger partial charge in [0, 0.05) is 12.3 Å². The number of carbonyl (C=O) groups is 3. The molecule has 1 N–H and O–H groups in total. The molecule has 0 radical (unpaired) electrons. The average molecular weight is 479 g/mol. The molecule has 34 heavy (non-hydrogen) atoms. The topological polar surface area (TPSA) is 101 Å². The van der Waals surface area contributed by atoms with Crippen molar-refractivity contribution < 1.29 is 23.9 Å². The maximum Gasteiger partial charge on any atom is 0.325 e. The van der Waals surface area contributed by atoms with Crippen molar-refractivity contribution in [1.29, 1.82) is 0 Å². The zero-order valence-electron chi connectivity index (χ0n) is 18.6. The number of hydrogen-bond donors (Lipinski definition) is 1. The maximum absolute atomic E-state index is 13.4. The summed E-state index contributed by atoms with van der Waals surface area (Å²) in [5.74, 6) is 0.569. The van der Waals surface area contributed by atoms with Crippen LogP contribution in [0.4, 0.5) is 15.6 Å². The lowest BCUT2D eigenvalue weighted by atomic mass is 9.91. The molecule has 3 heterocycles. The van der Waals surface area contributed by atoms with Crippen LogP contribution in [-0.2, 0) is 21.7 Å². The second kappa shape index (κ2) is 8.45. The standard InChI is InChI=1S/C24H22N4O5S/c1-15(29)28(18-6-4-3-5-7-18)23-25-17(14-34-23)13-27-21(30)24(2,26-22(27)31)16-8-9-19-20(12-16)33-11-10-32-19/h3-9,12,14H,10-11,13H2,1-2H3,(H,26,31). The molecule has 9 nitrogen and oxygen atoms in total. The molecule has 10 heteroatoms. The van der Waals surface area contributed by atoms with Crippen molar-refractivity contribution in [2.45, 2.75) is 25.9 Å². The second-order valence-electron chi connectivity index (χ2n) is 8.12. The van der Waals surface area contributed by atoms with Crippen LogP contribution in [0.1, 0.15) is 25.1 Å². The Labute approximate surface area is 199 Å². The number of aromatic nitrogens is 1. The molecule has 3 aromatic rings. The fourth-order valence-electron chi connectivity index (χ4n) is 4.03. The Morgan fingerprint density at radius 3 is 2.62 bits per heavy atom. The number of anilines is 2. The SMILES string of the molecule is CC(=O)N(c1ccccc1)c1nc(CN2C(=O)NC(C)(c3ccc4c(c3)OCCO4)C2=O)cs1. The number of rotatable bonds is 5. The van der Waals surface area contributed by atoms with Gasteiger partial charge in [-0.1, -0.05) is 24.3 Å². The van der Waals surface area contributed by atoms with Gasteiger partial charge >= 0.3 is 6.03 Å². The van der Waals surface area contributed by atoms with E-state index in [1.807, 2.05) is 30.3 Å². The number of hydrogen-bond acceptors (Lipinski definition) is 7. The molecule has 5 rings (SSSR count). The minimum atomic E-state index is -1.25. The molecule has 0 spiro atoms. The smallest absolute Gasteiger partial charge is 0.325 e. The lowest BCUT2D eigenvalue weighted by molar-refractivity contribution is -0.131. The van der Waals surface area contributed by atoms with E-state index in [1.165, 1.54) is 23.2 Å². The molecule has 2 aromatic carbocycles. The summed E-state index contributed by atoms with van der Waals surface area (Å²) < 4.78 is 11.2. The maximum atomic E-state index is 13.4. The van der Waals surface area contributed by atoms with Crippen LogP contribution >= 0.6 is 11.3 Å². The first-order valence-corrected chi connectivity index (χ1v) is 11.6. The molecule has 174 valence electrons. The monoisotopic (exact) mass is 478 g/mol. The van der Waals surface area contributed by atoms with E-state index >= 15 is 0 Å². The summed E-state index contributed by atoms with van der Waals surface area (Å²) >= 11 is 1.27. The third-order valence-corrected chi connectivity index (χ3v) is 6.65. The predicted molar refractivity (Wildman–Crippen MR) is 125 cm³/mol. The highest BCUT2D eigenvalue weighted by molar-refractivity contribution is 7.14. The molecule has 0 bridgehead atoms. The Morgan fingerprint density at radius 2 is 1.88 bits per heavy atom. The molecule has 2 aliphatic rings. The second-order valence-corrected chi connectivity index (χ2v) is 8.95. The Morgan fingerprint density at radius 1 is 1.15 bits per heavy atom. The van der Waals surface area contributed by atoms with Crippen molar-refractivity contribution >= 4 is 40.0 Å². The normalized spacial score (nSPS) is 19.2. The van der Waals surface area contributed by atoms with Gasteiger partial charge in [-0.25, -0.2) is 9.78 Å². The summed E-state index contributed by atoms with van der Waals surface area (Å²) in [6, 6.07) is 13.9. The summed E-state index contributed by atoms with van der Waals surface area (Å²) in [5, 5.41) is 5.01. The molecule has 1 aromatic heterocycles. The first-order valence-electron chi connectivity index (χ1n) is 10.7. The van der Waals surface area contributed by atoms with Crippen molar-refractivity contribution in [3.05, 3.63) is 65.2 Å². The zero-order chi connectivity index (χ0) is 23.9. The zero-order valence-corrected chi connectivity index (χ0v) is 19.4. The highest BCUT2D eigenvalue weighted by Gasteiger charge is 2.49. The number of imide groups is 1. The summed E-state index contributed by atoms with van der Waals surface area (Å²) in [6.45, 7) is 4.00. The fourth-order valence-corrected chi connectivity index (χ4v) is 4.91. The van der Waals surface area contributed by atoms with Crippen molar-refractivity contribution in [3.63, 3.8) is 0 Å². The van der Waals surface area contributed by atoms with Crippen molar-refractivity contribution in [2.75, 3.05) is 18.1 Å². The van der Waals surface area contributed by atoms with Crippen LogP contribution < -0.4 is 19.7 Å². The summed E-state index contributed by atoms with van der Waals surface area (Å²) in [5.41, 5.74) is 0.555. The van der Waals surface area contributed by atoms with E-state index in [-0.39, 0.29) is 12.5 Å². The Hall–Kier alpha value is -3.92. The van der Waals surface area contributed by atoms with Crippen LogP contribution in [0, 0.1) is 0 Å². The van der Waals surface area contributed by atoms with Crippen LogP contribution in [0.3, 0.4) is 0 Å². The number of thiazole rings is 1. The summed E-state index contributed by atoms with van der Waals surface area (Å²) in [7, 11) is 0. The highest BCUT2D eigenvalue weighted by atomic mass is 32.1. The minimum Gasteiger partial charge on any atom is -0.486 e. The quantitative estimate of drug-likeness (QED) is 0.563. The molecule has 0 aliphatic carbocycles. The number of para-hydroxylation sites is 1. The number of fused-ring (bicyclic) bond motifs is 1. The van der Waals surface area contributed by atoms with Gasteiger partial charge in [-0.15, -0.1) is 11.3 Å². The summed E-state index contributed by atoms with van der Waals surface area (Å²) in [4.78, 5) is 45.6. The third-order valence-electron chi connectivity index (χ3n) is 5.77. The predicted octanol–water partition coefficient (Wildman–Crippen LogP) is 3.57. The van der Waals surface area contributed by atoms with Gasteiger partial charge in [0.15, 0.2) is 16.6 Å². The van der Waals surface area contributed by atoms with E-state index in [1.54, 1.807) is 30.5 Å². The van der Waals surface area contributed by atoms with Gasteiger partial charge < -0.3 is 14.8 Å². The molecule has 0 saturated carbocycles. The number of carbonyl (C=O) groups excluding carboxylic acids is 3. The number of benzene rings is 2. The lowest BCUT2D eigenvalue weighted by Crippen LogP contribution is -2.41. The van der Waals surface area contributed by atoms with Gasteiger partial charge in [0.1, 0.15) is 18.8 Å². The van der Waals surface area contributed by atoms with Crippen molar-refractivity contribution in [1.82, 2.24) is 15.2 Å². The Balaban J connectivity index is 1.38. The van der Waals surface area contributed by atoms with Gasteiger partial charge in [-0.05, 0) is 36.8 Å². The van der Waals surface area contributed by atoms with Crippen LogP contribution in [0.15, 0.2) is 53.9 Å². The molecular weight excluding hydrogens is 456 g/mol. The number of amides is 4. The third kappa shape index (κ3) is 3.75. The van der Waals surface area contributed by atoms with Gasteiger partial charge in [-0.2, -0.15) is 0 Å². The van der Waals surface area contributed by atoms with E-state index in [4.69, 9.17) is 9.47 Å². The van der Waals surface area contributed by atoms with E-state index in [9.17, 15) is 14.4 Å². The molecule has 4 amide bonds. The van der Waals surface area contributed by atoms with E-state index < -0.39 is 17.5 Å². The highest BCUT2D eigenvalue weighted by Crippen LogP contribution is 2.37. The van der Waals surface area contributed by atoms with E-state index in [0.717, 1.165) is 4.90 Å². The van der Waals surface area contributed by atoms with Crippen molar-refractivity contribution in [2.24, 2.45) is 0 Å². The largest absolute Gasteiger partial charge is 0.486 e. The molecule has 1 atom stereocenters. The van der Waals surface area contributed by atoms with Crippen molar-refractivity contribution in [3.8, 4) is 11.5 Å². The molecule has 1 fully saturated rings. The molecule has 1 unspecified atom stereocenters. The molecule has 2 aliphatic heterocycles. The number of nitrogens with one attached hydrogen (secondary N) is 1. The minimum absolute atomic E-state index is 0.0121. The number of nitrogens with zero attached hydrogens (tertiary/aromatic N) is 3. The van der Waals surface area contributed by atoms with Gasteiger partial charge in [0.2, 0.25) is 5.91 Å². The van der Waals surface area contributed by atoms with Crippen LogP contribution in [0.2, 0.25) is 0 Å². The van der Waals surface area contributed by atoms with Crippen LogP contribution in [0.25, 0.3) is 0 Å². The van der Waals surface area contributed by atoms with Crippen LogP contribution in [0.5, 0.6) is 11.5 Å². The summed E-state index contributed by atoms with van der Waals surface area (Å²) in [6.07, 6.45) is 0. The van der Waals surface area contributed by atoms with E-state index in [2.05, 4.69) is 10.3 Å². The average Bonchev–Trinajstić information content (AvgIpc) is 3.38. The first kappa shape index (κ1) is 21.9. The number of ether oxygens (including phenoxy) is 2. The Kier molecular flexibility index (Phi) is 5.45. The van der Waals surface area contributed by atoms with Gasteiger partial charge in [0.25, 0.3) is 5.91 Å². The molecular formula is C24H22N4O5S. The number of urea groups is 1. The fraction of sp³-hybridized carbons (Fsp3) is 0.250. The van der Waals surface area contributed by atoms with E-state index in [0.29, 0.717) is 46.8 Å². The molecule has 1 saturated heterocycles. The van der Waals surface area contributed by atoms with Gasteiger partial charge in [0.05, 0.1) is 17.9 Å². The lowest BCUT2D eigenvalue weighted by Gasteiger charge is -2.25. The van der Waals surface area contributed by atoms with Gasteiger partial charge in [-0.3, -0.25) is 19.4 Å². The first-order chi connectivity index (χ1) is 16.4.